The second-order valence-electron chi connectivity index (χ2n) is 3.51. The van der Waals surface area contributed by atoms with Crippen LogP contribution in [-0.4, -0.2) is 27.6 Å². The van der Waals surface area contributed by atoms with Crippen LogP contribution in [0.5, 0.6) is 0 Å². The quantitative estimate of drug-likeness (QED) is 0.808. The van der Waals surface area contributed by atoms with E-state index in [4.69, 9.17) is 0 Å². The van der Waals surface area contributed by atoms with Crippen molar-refractivity contribution in [3.8, 4) is 0 Å². The number of carbonyl (C=O) groups excluding carboxylic acids is 1. The normalized spacial score (nSPS) is 11.5. The summed E-state index contributed by atoms with van der Waals surface area (Å²) in [4.78, 5) is 16.0. The summed E-state index contributed by atoms with van der Waals surface area (Å²) < 4.78 is 1.50. The molecule has 0 aromatic carbocycles. The summed E-state index contributed by atoms with van der Waals surface area (Å²) in [6, 6.07) is 3.57. The number of carbonyl (C=O) groups is 1. The van der Waals surface area contributed by atoms with E-state index in [1.165, 1.54) is 10.7 Å². The zero-order valence-electron chi connectivity index (χ0n) is 9.64. The van der Waals surface area contributed by atoms with Crippen molar-refractivity contribution in [2.75, 3.05) is 7.05 Å². The maximum absolute atomic E-state index is 11.9. The molecule has 0 spiro atoms. The van der Waals surface area contributed by atoms with Gasteiger partial charge in [-0.25, -0.2) is 9.50 Å². The monoisotopic (exact) mass is 231 g/mol. The standard InChI is InChI=1S/C11H13N5O/c1-8(6-12-2)15-11(17)9-7-13-10-4-3-5-14-16(9)10/h3-7,12H,1-2H3,(H,15,17)/b8-6+. The number of hydrogen-bond acceptors (Lipinski definition) is 4. The average Bonchev–Trinajstić information content (AvgIpc) is 2.72. The maximum Gasteiger partial charge on any atom is 0.275 e. The summed E-state index contributed by atoms with van der Waals surface area (Å²) in [6.45, 7) is 1.80. The Morgan fingerprint density at radius 2 is 2.35 bits per heavy atom. The summed E-state index contributed by atoms with van der Waals surface area (Å²) in [6.07, 6.45) is 4.82. The van der Waals surface area contributed by atoms with Crippen molar-refractivity contribution in [1.29, 1.82) is 0 Å². The van der Waals surface area contributed by atoms with Crippen molar-refractivity contribution in [3.05, 3.63) is 42.1 Å². The maximum atomic E-state index is 11.9. The predicted molar refractivity (Wildman–Crippen MR) is 63.3 cm³/mol. The predicted octanol–water partition coefficient (Wildman–Crippen LogP) is 0.540. The molecule has 0 radical (unpaired) electrons. The Bertz CT molecular complexity index is 572. The molecule has 6 nitrogen and oxygen atoms in total. The molecule has 17 heavy (non-hydrogen) atoms. The highest BCUT2D eigenvalue weighted by Crippen LogP contribution is 2.04. The minimum atomic E-state index is -0.236. The lowest BCUT2D eigenvalue weighted by Crippen LogP contribution is -2.24. The average molecular weight is 231 g/mol. The molecule has 0 aliphatic rings. The minimum absolute atomic E-state index is 0.236. The van der Waals surface area contributed by atoms with Crippen molar-refractivity contribution >= 4 is 11.6 Å². The van der Waals surface area contributed by atoms with Crippen molar-refractivity contribution in [2.45, 2.75) is 6.92 Å². The van der Waals surface area contributed by atoms with Gasteiger partial charge in [-0.05, 0) is 19.1 Å². The number of imidazole rings is 1. The molecule has 2 N–H and O–H groups in total. The number of allylic oxidation sites excluding steroid dienone is 1. The van der Waals surface area contributed by atoms with Crippen LogP contribution in [0.1, 0.15) is 17.4 Å². The van der Waals surface area contributed by atoms with Crippen LogP contribution >= 0.6 is 0 Å². The molecule has 0 aliphatic heterocycles. The Hall–Kier alpha value is -2.37. The van der Waals surface area contributed by atoms with Crippen LogP contribution < -0.4 is 10.6 Å². The molecule has 0 aliphatic carbocycles. The number of aromatic nitrogens is 3. The van der Waals surface area contributed by atoms with Crippen LogP contribution in [-0.2, 0) is 0 Å². The van der Waals surface area contributed by atoms with Crippen LogP contribution in [0.15, 0.2) is 36.4 Å². The van der Waals surface area contributed by atoms with Crippen LogP contribution in [0, 0.1) is 0 Å². The fourth-order valence-electron chi connectivity index (χ4n) is 1.48. The summed E-state index contributed by atoms with van der Waals surface area (Å²) in [5.41, 5.74) is 1.78. The first-order valence-corrected chi connectivity index (χ1v) is 5.16. The highest BCUT2D eigenvalue weighted by atomic mass is 16.2. The SMILES string of the molecule is CN/C=C(\C)NC(=O)c1cnc2cccnn12. The van der Waals surface area contributed by atoms with Gasteiger partial charge in [-0.15, -0.1) is 0 Å². The van der Waals surface area contributed by atoms with Crippen LogP contribution in [0.4, 0.5) is 0 Å². The summed E-state index contributed by atoms with van der Waals surface area (Å²) >= 11 is 0. The first-order valence-electron chi connectivity index (χ1n) is 5.16. The van der Waals surface area contributed by atoms with Gasteiger partial charge >= 0.3 is 0 Å². The van der Waals surface area contributed by atoms with Gasteiger partial charge in [0.2, 0.25) is 0 Å². The van der Waals surface area contributed by atoms with Crippen molar-refractivity contribution < 1.29 is 4.79 Å². The van der Waals surface area contributed by atoms with Gasteiger partial charge in [0.25, 0.3) is 5.91 Å². The van der Waals surface area contributed by atoms with Gasteiger partial charge in [0.1, 0.15) is 0 Å². The van der Waals surface area contributed by atoms with Gasteiger partial charge in [0.05, 0.1) is 6.20 Å². The third-order valence-electron chi connectivity index (χ3n) is 2.18. The van der Waals surface area contributed by atoms with E-state index in [2.05, 4.69) is 20.7 Å². The van der Waals surface area contributed by atoms with E-state index in [1.807, 2.05) is 0 Å². The number of fused-ring (bicyclic) bond motifs is 1. The summed E-state index contributed by atoms with van der Waals surface area (Å²) in [7, 11) is 1.77. The molecule has 2 rings (SSSR count). The number of hydrogen-bond donors (Lipinski definition) is 2. The minimum Gasteiger partial charge on any atom is -0.393 e. The molecular weight excluding hydrogens is 218 g/mol. The second kappa shape index (κ2) is 4.65. The summed E-state index contributed by atoms with van der Waals surface area (Å²) in [5.74, 6) is -0.236. The molecule has 88 valence electrons. The summed E-state index contributed by atoms with van der Waals surface area (Å²) in [5, 5.41) is 9.65. The largest absolute Gasteiger partial charge is 0.393 e. The van der Waals surface area contributed by atoms with E-state index in [-0.39, 0.29) is 5.91 Å². The molecule has 0 atom stereocenters. The highest BCUT2D eigenvalue weighted by Gasteiger charge is 2.12. The van der Waals surface area contributed by atoms with E-state index < -0.39 is 0 Å². The zero-order chi connectivity index (χ0) is 12.3. The second-order valence-corrected chi connectivity index (χ2v) is 3.51. The molecule has 6 heteroatoms. The lowest BCUT2D eigenvalue weighted by molar-refractivity contribution is 0.0959. The molecule has 0 saturated heterocycles. The molecule has 0 bridgehead atoms. The first-order chi connectivity index (χ1) is 8.22. The molecule has 2 aromatic rings. The van der Waals surface area contributed by atoms with Crippen molar-refractivity contribution in [3.63, 3.8) is 0 Å². The van der Waals surface area contributed by atoms with Gasteiger partial charge in [-0.2, -0.15) is 5.10 Å². The van der Waals surface area contributed by atoms with Crippen LogP contribution in [0.2, 0.25) is 0 Å². The number of nitrogens with one attached hydrogen (secondary N) is 2. The fourth-order valence-corrected chi connectivity index (χ4v) is 1.48. The van der Waals surface area contributed by atoms with E-state index >= 15 is 0 Å². The third-order valence-corrected chi connectivity index (χ3v) is 2.18. The van der Waals surface area contributed by atoms with Gasteiger partial charge in [0, 0.05) is 25.1 Å². The topological polar surface area (TPSA) is 71.3 Å². The molecule has 2 aromatic heterocycles. The van der Waals surface area contributed by atoms with Gasteiger partial charge in [0.15, 0.2) is 11.3 Å². The Morgan fingerprint density at radius 3 is 3.12 bits per heavy atom. The van der Waals surface area contributed by atoms with Gasteiger partial charge in [-0.1, -0.05) is 0 Å². The third kappa shape index (κ3) is 2.25. The Labute approximate surface area is 98.4 Å². The number of nitrogens with zero attached hydrogens (tertiary/aromatic N) is 3. The van der Waals surface area contributed by atoms with Crippen molar-refractivity contribution in [1.82, 2.24) is 25.2 Å². The molecule has 0 fully saturated rings. The van der Waals surface area contributed by atoms with E-state index in [1.54, 1.807) is 38.5 Å². The smallest absolute Gasteiger partial charge is 0.275 e. The van der Waals surface area contributed by atoms with Gasteiger partial charge in [-0.3, -0.25) is 4.79 Å². The Balaban J connectivity index is 2.28. The lowest BCUT2D eigenvalue weighted by Gasteiger charge is -2.04. The van der Waals surface area contributed by atoms with Crippen molar-refractivity contribution in [2.24, 2.45) is 0 Å². The molecule has 0 unspecified atom stereocenters. The van der Waals surface area contributed by atoms with Gasteiger partial charge < -0.3 is 10.6 Å². The van der Waals surface area contributed by atoms with E-state index in [0.717, 1.165) is 5.70 Å². The zero-order valence-corrected chi connectivity index (χ0v) is 9.64. The molecule has 0 saturated carbocycles. The fraction of sp³-hybridized carbons (Fsp3) is 0.182. The molecule has 1 amide bonds. The highest BCUT2D eigenvalue weighted by molar-refractivity contribution is 5.94. The van der Waals surface area contributed by atoms with Crippen LogP contribution in [0.25, 0.3) is 5.65 Å². The Kier molecular flexibility index (Phi) is 3.04. The van der Waals surface area contributed by atoms with Crippen LogP contribution in [0.3, 0.4) is 0 Å². The van der Waals surface area contributed by atoms with E-state index in [9.17, 15) is 4.79 Å². The lowest BCUT2D eigenvalue weighted by atomic mass is 10.4. The molecule has 2 heterocycles. The Morgan fingerprint density at radius 1 is 1.53 bits per heavy atom. The molecular formula is C11H13N5O. The number of rotatable bonds is 3. The number of amides is 1. The van der Waals surface area contributed by atoms with E-state index in [0.29, 0.717) is 11.3 Å². The first kappa shape index (κ1) is 11.1.